The zero-order chi connectivity index (χ0) is 23.3. The first kappa shape index (κ1) is 24.0. The van der Waals surface area contributed by atoms with Crippen molar-refractivity contribution in [1.29, 1.82) is 0 Å². The first-order valence-corrected chi connectivity index (χ1v) is 12.3. The van der Waals surface area contributed by atoms with Crippen molar-refractivity contribution in [3.05, 3.63) is 53.7 Å². The monoisotopic (exact) mass is 454 g/mol. The summed E-state index contributed by atoms with van der Waals surface area (Å²) in [5.74, 6) is -0.540. The highest BCUT2D eigenvalue weighted by Crippen LogP contribution is 2.47. The van der Waals surface area contributed by atoms with Crippen molar-refractivity contribution in [2.75, 3.05) is 59.7 Å². The first-order valence-electron chi connectivity index (χ1n) is 12.3. The van der Waals surface area contributed by atoms with E-state index in [0.29, 0.717) is 6.04 Å². The molecule has 0 saturated carbocycles. The second-order valence-corrected chi connectivity index (χ2v) is 9.45. The lowest BCUT2D eigenvalue weighted by molar-refractivity contribution is -0.148. The summed E-state index contributed by atoms with van der Waals surface area (Å²) in [4.78, 5) is 18.2. The summed E-state index contributed by atoms with van der Waals surface area (Å²) >= 11 is 0. The van der Waals surface area contributed by atoms with Crippen molar-refractivity contribution >= 4 is 11.5 Å². The van der Waals surface area contributed by atoms with Crippen molar-refractivity contribution in [1.82, 2.24) is 9.80 Å². The molecule has 3 aliphatic rings. The van der Waals surface area contributed by atoms with E-state index in [9.17, 15) is 4.79 Å². The van der Waals surface area contributed by atoms with Crippen LogP contribution in [0.4, 0.5) is 0 Å². The van der Waals surface area contributed by atoms with Crippen LogP contribution in [-0.4, -0.2) is 81.5 Å². The molecule has 1 aromatic rings. The molecule has 180 valence electrons. The lowest BCUT2D eigenvalue weighted by atomic mass is 9.68. The van der Waals surface area contributed by atoms with E-state index in [-0.39, 0.29) is 11.9 Å². The number of morpholine rings is 1. The third kappa shape index (κ3) is 5.18. The van der Waals surface area contributed by atoms with Gasteiger partial charge in [-0.2, -0.15) is 0 Å². The quantitative estimate of drug-likeness (QED) is 0.587. The van der Waals surface area contributed by atoms with Crippen LogP contribution in [-0.2, 0) is 19.0 Å². The molecule has 2 aliphatic heterocycles. The molecule has 6 heteroatoms. The molecule has 2 fully saturated rings. The molecule has 0 amide bonds. The van der Waals surface area contributed by atoms with Crippen LogP contribution >= 0.6 is 0 Å². The Morgan fingerprint density at radius 3 is 2.42 bits per heavy atom. The van der Waals surface area contributed by atoms with Crippen LogP contribution in [0.2, 0.25) is 0 Å². The van der Waals surface area contributed by atoms with E-state index in [2.05, 4.69) is 60.1 Å². The molecule has 0 N–H and O–H groups in total. The van der Waals surface area contributed by atoms with Gasteiger partial charge in [-0.05, 0) is 37.0 Å². The largest absolute Gasteiger partial charge is 0.469 e. The van der Waals surface area contributed by atoms with Gasteiger partial charge >= 0.3 is 5.97 Å². The normalized spacial score (nSPS) is 26.9. The second-order valence-electron chi connectivity index (χ2n) is 9.45. The van der Waals surface area contributed by atoms with E-state index in [4.69, 9.17) is 14.2 Å². The number of nitrogens with zero attached hydrogens (tertiary/aromatic N) is 2. The second kappa shape index (κ2) is 10.9. The molecule has 0 aromatic heterocycles. The minimum absolute atomic E-state index is 0.173. The minimum atomic E-state index is -0.406. The number of ether oxygens (including phenoxy) is 3. The number of esters is 1. The van der Waals surface area contributed by atoms with Gasteiger partial charge in [-0.15, -0.1) is 0 Å². The zero-order valence-corrected chi connectivity index (χ0v) is 20.3. The molecule has 6 nitrogen and oxygen atoms in total. The van der Waals surface area contributed by atoms with E-state index in [1.165, 1.54) is 12.8 Å². The van der Waals surface area contributed by atoms with Gasteiger partial charge in [-0.25, -0.2) is 0 Å². The van der Waals surface area contributed by atoms with Gasteiger partial charge in [0.25, 0.3) is 0 Å². The number of allylic oxidation sites excluding steroid dienone is 2. The predicted molar refractivity (Wildman–Crippen MR) is 130 cm³/mol. The minimum Gasteiger partial charge on any atom is -0.469 e. The average molecular weight is 455 g/mol. The Kier molecular flexibility index (Phi) is 7.89. The SMILES string of the molecule is CCN(C1=CC(c2ccccc2)=CC(C(=O)OC)C1(C)CN1CCOCC1)C1CCOCC1. The molecule has 0 radical (unpaired) electrons. The topological polar surface area (TPSA) is 51.2 Å². The van der Waals surface area contributed by atoms with Crippen molar-refractivity contribution in [2.45, 2.75) is 32.7 Å². The Labute approximate surface area is 198 Å². The molecule has 2 unspecified atom stereocenters. The van der Waals surface area contributed by atoms with Crippen molar-refractivity contribution in [3.8, 4) is 0 Å². The van der Waals surface area contributed by atoms with Gasteiger partial charge in [0.15, 0.2) is 0 Å². The smallest absolute Gasteiger partial charge is 0.313 e. The maximum absolute atomic E-state index is 13.3. The lowest BCUT2D eigenvalue weighted by Crippen LogP contribution is -2.53. The van der Waals surface area contributed by atoms with E-state index in [0.717, 1.165) is 76.6 Å². The summed E-state index contributed by atoms with van der Waals surface area (Å²) in [5, 5.41) is 0. The Morgan fingerprint density at radius 1 is 1.12 bits per heavy atom. The van der Waals surface area contributed by atoms with Crippen LogP contribution in [0.25, 0.3) is 5.57 Å². The highest BCUT2D eigenvalue weighted by molar-refractivity contribution is 5.85. The van der Waals surface area contributed by atoms with Crippen LogP contribution in [0.5, 0.6) is 0 Å². The molecule has 0 spiro atoms. The van der Waals surface area contributed by atoms with E-state index >= 15 is 0 Å². The zero-order valence-electron chi connectivity index (χ0n) is 20.3. The van der Waals surface area contributed by atoms with Crippen molar-refractivity contribution in [3.63, 3.8) is 0 Å². The van der Waals surface area contributed by atoms with Gasteiger partial charge in [0.1, 0.15) is 0 Å². The van der Waals surface area contributed by atoms with Gasteiger partial charge < -0.3 is 19.1 Å². The van der Waals surface area contributed by atoms with Gasteiger partial charge in [0, 0.05) is 56.5 Å². The maximum Gasteiger partial charge on any atom is 0.313 e. The number of hydrogen-bond acceptors (Lipinski definition) is 6. The Bertz CT molecular complexity index is 856. The number of methoxy groups -OCH3 is 1. The molecule has 4 rings (SSSR count). The molecular weight excluding hydrogens is 416 g/mol. The molecule has 2 saturated heterocycles. The van der Waals surface area contributed by atoms with Crippen LogP contribution in [0.15, 0.2) is 48.2 Å². The molecule has 33 heavy (non-hydrogen) atoms. The summed E-state index contributed by atoms with van der Waals surface area (Å²) in [6, 6.07) is 10.8. The highest BCUT2D eigenvalue weighted by Gasteiger charge is 2.48. The number of rotatable bonds is 7. The van der Waals surface area contributed by atoms with Gasteiger partial charge in [0.2, 0.25) is 0 Å². The third-order valence-electron chi connectivity index (χ3n) is 7.41. The molecular formula is C27H38N2O4. The van der Waals surface area contributed by atoms with E-state index < -0.39 is 5.41 Å². The number of carbonyl (C=O) groups is 1. The fraction of sp³-hybridized carbons (Fsp3) is 0.593. The van der Waals surface area contributed by atoms with Crippen LogP contribution in [0, 0.1) is 11.3 Å². The third-order valence-corrected chi connectivity index (χ3v) is 7.41. The Morgan fingerprint density at radius 2 is 1.79 bits per heavy atom. The summed E-state index contributed by atoms with van der Waals surface area (Å²) in [5.41, 5.74) is 3.04. The number of benzene rings is 1. The van der Waals surface area contributed by atoms with Crippen LogP contribution in [0.1, 0.15) is 32.3 Å². The van der Waals surface area contributed by atoms with Crippen LogP contribution in [0.3, 0.4) is 0 Å². The molecule has 1 aromatic carbocycles. The predicted octanol–water partition coefficient (Wildman–Crippen LogP) is 3.60. The molecule has 0 bridgehead atoms. The van der Waals surface area contributed by atoms with Gasteiger partial charge in [-0.3, -0.25) is 9.69 Å². The van der Waals surface area contributed by atoms with Gasteiger partial charge in [-0.1, -0.05) is 43.3 Å². The molecule has 1 aliphatic carbocycles. The number of hydrogen-bond donors (Lipinski definition) is 0. The average Bonchev–Trinajstić information content (AvgIpc) is 2.87. The van der Waals surface area contributed by atoms with Crippen molar-refractivity contribution < 1.29 is 19.0 Å². The number of carbonyl (C=O) groups excluding carboxylic acids is 1. The van der Waals surface area contributed by atoms with E-state index in [1.807, 2.05) is 6.07 Å². The summed E-state index contributed by atoms with van der Waals surface area (Å²) in [6.45, 7) is 11.0. The lowest BCUT2D eigenvalue weighted by Gasteiger charge is -2.50. The molecule has 2 atom stereocenters. The summed E-state index contributed by atoms with van der Waals surface area (Å²) < 4.78 is 16.6. The van der Waals surface area contributed by atoms with E-state index in [1.54, 1.807) is 0 Å². The fourth-order valence-corrected chi connectivity index (χ4v) is 5.58. The first-order chi connectivity index (χ1) is 16.1. The maximum atomic E-state index is 13.3. The highest BCUT2D eigenvalue weighted by atomic mass is 16.5. The summed E-state index contributed by atoms with van der Waals surface area (Å²) in [7, 11) is 1.50. The van der Waals surface area contributed by atoms with Crippen molar-refractivity contribution in [2.24, 2.45) is 11.3 Å². The van der Waals surface area contributed by atoms with Gasteiger partial charge in [0.05, 0.1) is 26.2 Å². The van der Waals surface area contributed by atoms with Crippen LogP contribution < -0.4 is 0 Å². The molecule has 2 heterocycles. The Balaban J connectivity index is 1.79. The Hall–Kier alpha value is -2.15. The fourth-order valence-electron chi connectivity index (χ4n) is 5.58. The standard InChI is InChI=1S/C27H38N2O4/c1-4-29(23-10-14-32-15-11-23)25-19-22(21-8-6-5-7-9-21)18-24(26(30)31-3)27(25,2)20-28-12-16-33-17-13-28/h5-9,18-19,23-24H,4,10-17,20H2,1-3H3. The summed E-state index contributed by atoms with van der Waals surface area (Å²) in [6.07, 6.45) is 6.47.